The van der Waals surface area contributed by atoms with Crippen LogP contribution < -0.4 is 0 Å². The van der Waals surface area contributed by atoms with Gasteiger partial charge in [-0.1, -0.05) is 43.1 Å². The van der Waals surface area contributed by atoms with Gasteiger partial charge in [0, 0.05) is 44.7 Å². The maximum Gasteiger partial charge on any atom is 0.144 e. The summed E-state index contributed by atoms with van der Waals surface area (Å²) in [6.07, 6.45) is 0. The van der Waals surface area contributed by atoms with Crippen molar-refractivity contribution in [1.82, 2.24) is 9.80 Å². The number of benzene rings is 1. The van der Waals surface area contributed by atoms with Crippen LogP contribution in [0.4, 0.5) is 0 Å². The molecule has 0 amide bonds. The lowest BCUT2D eigenvalue weighted by molar-refractivity contribution is -0.124. The van der Waals surface area contributed by atoms with Crippen LogP contribution >= 0.6 is 23.2 Å². The Kier molecular flexibility index (Phi) is 7.11. The van der Waals surface area contributed by atoms with E-state index >= 15 is 0 Å². The molecule has 0 unspecified atom stereocenters. The Morgan fingerprint density at radius 1 is 1.04 bits per heavy atom. The van der Waals surface area contributed by atoms with Crippen molar-refractivity contribution < 1.29 is 4.79 Å². The van der Waals surface area contributed by atoms with E-state index in [1.807, 2.05) is 26.0 Å². The summed E-state index contributed by atoms with van der Waals surface area (Å²) in [5.74, 6) is 0.117. The van der Waals surface area contributed by atoms with Gasteiger partial charge < -0.3 is 0 Å². The number of hydrogen-bond acceptors (Lipinski definition) is 3. The van der Waals surface area contributed by atoms with Crippen molar-refractivity contribution >= 4 is 29.0 Å². The lowest BCUT2D eigenvalue weighted by atomic mass is 9.88. The quantitative estimate of drug-likeness (QED) is 0.744. The molecule has 134 valence electrons. The fourth-order valence-electron chi connectivity index (χ4n) is 3.21. The van der Waals surface area contributed by atoms with Gasteiger partial charge in [0.15, 0.2) is 0 Å². The fraction of sp³-hybridized carbons (Fsp3) is 0.632. The van der Waals surface area contributed by atoms with Gasteiger partial charge in [0.05, 0.1) is 16.0 Å². The molecule has 1 aromatic rings. The van der Waals surface area contributed by atoms with Gasteiger partial charge in [-0.3, -0.25) is 14.6 Å². The van der Waals surface area contributed by atoms with Gasteiger partial charge in [0.25, 0.3) is 0 Å². The van der Waals surface area contributed by atoms with Gasteiger partial charge in [0.2, 0.25) is 0 Å². The summed E-state index contributed by atoms with van der Waals surface area (Å²) in [7, 11) is 0. The molecular weight excluding hydrogens is 343 g/mol. The summed E-state index contributed by atoms with van der Waals surface area (Å²) < 4.78 is 0. The molecule has 2 rings (SSSR count). The number of hydrogen-bond donors (Lipinski definition) is 0. The third kappa shape index (κ3) is 4.95. The van der Waals surface area contributed by atoms with Crippen molar-refractivity contribution in [3.63, 3.8) is 0 Å². The lowest BCUT2D eigenvalue weighted by Crippen LogP contribution is -2.50. The molecule has 0 aliphatic carbocycles. The van der Waals surface area contributed by atoms with Crippen molar-refractivity contribution in [2.24, 2.45) is 5.92 Å². The van der Waals surface area contributed by atoms with E-state index in [1.165, 1.54) is 0 Å². The molecule has 0 aromatic heterocycles. The Balaban J connectivity index is 2.13. The average molecular weight is 371 g/mol. The second-order valence-electron chi connectivity index (χ2n) is 7.21. The first-order chi connectivity index (χ1) is 11.3. The van der Waals surface area contributed by atoms with Crippen LogP contribution in [0.3, 0.4) is 0 Å². The third-order valence-electron chi connectivity index (χ3n) is 4.84. The molecule has 1 atom stereocenters. The molecule has 1 fully saturated rings. The van der Waals surface area contributed by atoms with Crippen molar-refractivity contribution in [3.8, 4) is 0 Å². The lowest BCUT2D eigenvalue weighted by Gasteiger charge is -2.38. The zero-order valence-electron chi connectivity index (χ0n) is 15.1. The van der Waals surface area contributed by atoms with Crippen LogP contribution in [-0.2, 0) is 4.79 Å². The normalized spacial score (nSPS) is 18.3. The molecule has 5 heteroatoms. The molecule has 1 saturated heterocycles. The summed E-state index contributed by atoms with van der Waals surface area (Å²) in [5, 5.41) is 1.04. The van der Waals surface area contributed by atoms with E-state index in [1.54, 1.807) is 6.07 Å². The number of ketones is 1. The number of carbonyl (C=O) groups excluding carboxylic acids is 1. The maximum atomic E-state index is 12.8. The van der Waals surface area contributed by atoms with E-state index in [0.717, 1.165) is 38.3 Å². The second kappa shape index (κ2) is 8.66. The minimum absolute atomic E-state index is 0.00130. The van der Waals surface area contributed by atoms with E-state index in [4.69, 9.17) is 23.2 Å². The number of halogens is 2. The van der Waals surface area contributed by atoms with Crippen LogP contribution in [0.2, 0.25) is 10.0 Å². The molecular formula is C19H28Cl2N2O. The highest BCUT2D eigenvalue weighted by molar-refractivity contribution is 6.42. The van der Waals surface area contributed by atoms with E-state index in [2.05, 4.69) is 23.6 Å². The predicted octanol–water partition coefficient (Wildman–Crippen LogP) is 4.33. The van der Waals surface area contributed by atoms with Crippen LogP contribution in [0.15, 0.2) is 18.2 Å². The monoisotopic (exact) mass is 370 g/mol. The number of Topliss-reactive ketones (excluding diaryl/α,β-unsaturated/α-hetero) is 1. The highest BCUT2D eigenvalue weighted by atomic mass is 35.5. The van der Waals surface area contributed by atoms with Crippen molar-refractivity contribution in [1.29, 1.82) is 0 Å². The summed E-state index contributed by atoms with van der Waals surface area (Å²) in [6.45, 7) is 13.3. The Morgan fingerprint density at radius 2 is 1.67 bits per heavy atom. The molecule has 0 saturated carbocycles. The smallest absolute Gasteiger partial charge is 0.144 e. The van der Waals surface area contributed by atoms with E-state index < -0.39 is 0 Å². The molecule has 0 N–H and O–H groups in total. The standard InChI is InChI=1S/C19H28Cl2N2O/c1-13(2)19(24)16(15-5-6-17(20)18(21)11-15)12-22-7-9-23(10-8-22)14(3)4/h5-6,11,13-14,16H,7-10,12H2,1-4H3/t16-/m0/s1. The Morgan fingerprint density at radius 3 is 2.17 bits per heavy atom. The van der Waals surface area contributed by atoms with Crippen molar-refractivity contribution in [3.05, 3.63) is 33.8 Å². The number of piperazine rings is 1. The summed E-state index contributed by atoms with van der Waals surface area (Å²) in [4.78, 5) is 17.6. The van der Waals surface area contributed by atoms with Gasteiger partial charge in [-0.25, -0.2) is 0 Å². The number of nitrogens with zero attached hydrogens (tertiary/aromatic N) is 2. The molecule has 1 aliphatic heterocycles. The SMILES string of the molecule is CC(C)C(=O)[C@@H](CN1CCN(C(C)C)CC1)c1ccc(Cl)c(Cl)c1. The highest BCUT2D eigenvalue weighted by Gasteiger charge is 2.28. The summed E-state index contributed by atoms with van der Waals surface area (Å²) in [6, 6.07) is 6.15. The summed E-state index contributed by atoms with van der Waals surface area (Å²) in [5.41, 5.74) is 0.967. The highest BCUT2D eigenvalue weighted by Crippen LogP contribution is 2.29. The minimum atomic E-state index is -0.148. The topological polar surface area (TPSA) is 23.6 Å². The Labute approximate surface area is 155 Å². The predicted molar refractivity (Wildman–Crippen MR) is 102 cm³/mol. The van der Waals surface area contributed by atoms with Gasteiger partial charge >= 0.3 is 0 Å². The van der Waals surface area contributed by atoms with Crippen LogP contribution in [0, 0.1) is 5.92 Å². The minimum Gasteiger partial charge on any atom is -0.300 e. The van der Waals surface area contributed by atoms with E-state index in [-0.39, 0.29) is 17.6 Å². The first kappa shape index (κ1) is 19.7. The molecule has 0 bridgehead atoms. The van der Waals surface area contributed by atoms with Gasteiger partial charge in [-0.2, -0.15) is 0 Å². The van der Waals surface area contributed by atoms with Crippen LogP contribution in [0.1, 0.15) is 39.2 Å². The largest absolute Gasteiger partial charge is 0.300 e. The Hall–Kier alpha value is -0.610. The van der Waals surface area contributed by atoms with Crippen LogP contribution in [0.5, 0.6) is 0 Å². The molecule has 1 aliphatic rings. The maximum absolute atomic E-state index is 12.8. The van der Waals surface area contributed by atoms with Gasteiger partial charge in [0.1, 0.15) is 5.78 Å². The average Bonchev–Trinajstić information content (AvgIpc) is 2.55. The second-order valence-corrected chi connectivity index (χ2v) is 8.03. The molecule has 0 spiro atoms. The third-order valence-corrected chi connectivity index (χ3v) is 5.58. The van der Waals surface area contributed by atoms with Gasteiger partial charge in [-0.05, 0) is 31.5 Å². The van der Waals surface area contributed by atoms with Crippen molar-refractivity contribution in [2.75, 3.05) is 32.7 Å². The molecule has 3 nitrogen and oxygen atoms in total. The molecule has 1 aromatic carbocycles. The summed E-state index contributed by atoms with van der Waals surface area (Å²) >= 11 is 12.2. The Bertz CT molecular complexity index is 566. The van der Waals surface area contributed by atoms with Crippen molar-refractivity contribution in [2.45, 2.75) is 39.7 Å². The number of carbonyl (C=O) groups is 1. The molecule has 24 heavy (non-hydrogen) atoms. The van der Waals surface area contributed by atoms with Crippen LogP contribution in [0.25, 0.3) is 0 Å². The molecule has 0 radical (unpaired) electrons. The van der Waals surface area contributed by atoms with E-state index in [9.17, 15) is 4.79 Å². The first-order valence-electron chi connectivity index (χ1n) is 8.74. The van der Waals surface area contributed by atoms with Crippen LogP contribution in [-0.4, -0.2) is 54.3 Å². The van der Waals surface area contributed by atoms with Gasteiger partial charge in [-0.15, -0.1) is 0 Å². The zero-order chi connectivity index (χ0) is 17.9. The number of rotatable bonds is 6. The molecule has 1 heterocycles. The first-order valence-corrected chi connectivity index (χ1v) is 9.50. The fourth-order valence-corrected chi connectivity index (χ4v) is 3.52. The van der Waals surface area contributed by atoms with E-state index in [0.29, 0.717) is 16.1 Å². The zero-order valence-corrected chi connectivity index (χ0v) is 16.6.